The monoisotopic (exact) mass is 214 g/mol. The van der Waals surface area contributed by atoms with Crippen LogP contribution in [0.2, 0.25) is 0 Å². The molecule has 0 atom stereocenters. The molecule has 0 aromatic heterocycles. The maximum absolute atomic E-state index is 11.3. The van der Waals surface area contributed by atoms with Crippen molar-refractivity contribution >= 4 is 11.9 Å². The number of hydrogen-bond acceptors (Lipinski definition) is 3. The lowest BCUT2D eigenvalue weighted by Gasteiger charge is -2.20. The third-order valence-electron chi connectivity index (χ3n) is 2.40. The summed E-state index contributed by atoms with van der Waals surface area (Å²) in [6.45, 7) is 3.97. The maximum Gasteiger partial charge on any atom is 0.328 e. The first-order valence-electron chi connectivity index (χ1n) is 5.17. The summed E-state index contributed by atoms with van der Waals surface area (Å²) in [5.74, 6) is -0.591. The molecular formula is C10H18N2O3. The molecule has 15 heavy (non-hydrogen) atoms. The van der Waals surface area contributed by atoms with E-state index in [4.69, 9.17) is 5.11 Å². The van der Waals surface area contributed by atoms with E-state index in [0.717, 1.165) is 6.54 Å². The quantitative estimate of drug-likeness (QED) is 0.580. The van der Waals surface area contributed by atoms with Crippen LogP contribution in [0, 0.1) is 5.92 Å². The minimum Gasteiger partial charge on any atom is -0.480 e. The summed E-state index contributed by atoms with van der Waals surface area (Å²) in [6.07, 6.45) is 2.46. The van der Waals surface area contributed by atoms with Crippen LogP contribution in [0.4, 0.5) is 0 Å². The normalized spacial score (nSPS) is 16.1. The predicted molar refractivity (Wildman–Crippen MR) is 55.5 cm³/mol. The Morgan fingerprint density at radius 2 is 2.00 bits per heavy atom. The summed E-state index contributed by atoms with van der Waals surface area (Å²) in [5, 5.41) is 14.2. The van der Waals surface area contributed by atoms with Crippen molar-refractivity contribution in [1.82, 2.24) is 10.6 Å². The average molecular weight is 214 g/mol. The molecule has 0 bridgehead atoms. The molecule has 0 radical (unpaired) electrons. The number of aliphatic carboxylic acids is 1. The molecule has 0 aromatic rings. The van der Waals surface area contributed by atoms with Gasteiger partial charge in [-0.2, -0.15) is 0 Å². The Morgan fingerprint density at radius 3 is 2.47 bits per heavy atom. The second kappa shape index (κ2) is 4.61. The van der Waals surface area contributed by atoms with E-state index in [1.807, 2.05) is 0 Å². The molecule has 5 nitrogen and oxygen atoms in total. The molecular weight excluding hydrogens is 196 g/mol. The van der Waals surface area contributed by atoms with Crippen LogP contribution in [0.5, 0.6) is 0 Å². The minimum absolute atomic E-state index is 0.188. The fourth-order valence-corrected chi connectivity index (χ4v) is 1.16. The number of nitrogens with one attached hydrogen (secondary N) is 2. The van der Waals surface area contributed by atoms with Gasteiger partial charge in [0.15, 0.2) is 0 Å². The second-order valence-corrected chi connectivity index (χ2v) is 4.55. The van der Waals surface area contributed by atoms with E-state index < -0.39 is 11.5 Å². The molecule has 0 aliphatic heterocycles. The third-order valence-corrected chi connectivity index (χ3v) is 2.40. The van der Waals surface area contributed by atoms with Gasteiger partial charge in [0.2, 0.25) is 5.91 Å². The Balaban J connectivity index is 2.18. The van der Waals surface area contributed by atoms with Gasteiger partial charge in [0.05, 0.1) is 6.54 Å². The smallest absolute Gasteiger partial charge is 0.328 e. The molecule has 1 aliphatic carbocycles. The number of carboxylic acid groups (broad SMARTS) is 1. The van der Waals surface area contributed by atoms with Crippen molar-refractivity contribution in [2.75, 3.05) is 13.1 Å². The van der Waals surface area contributed by atoms with Gasteiger partial charge in [-0.25, -0.2) is 4.79 Å². The number of carboxylic acids is 1. The van der Waals surface area contributed by atoms with E-state index in [9.17, 15) is 9.59 Å². The maximum atomic E-state index is 11.3. The van der Waals surface area contributed by atoms with E-state index in [1.54, 1.807) is 0 Å². The molecule has 0 unspecified atom stereocenters. The standard InChI is InChI=1S/C10H18N2O3/c1-10(2,9(14)15)12-8(13)6-11-5-7-3-4-7/h7,11H,3-6H2,1-2H3,(H,12,13)(H,14,15). The Kier molecular flexibility index (Phi) is 3.68. The SMILES string of the molecule is CC(C)(NC(=O)CNCC1CC1)C(=O)O. The summed E-state index contributed by atoms with van der Waals surface area (Å²) < 4.78 is 0. The van der Waals surface area contributed by atoms with Crippen LogP contribution in [0.25, 0.3) is 0 Å². The van der Waals surface area contributed by atoms with Crippen molar-refractivity contribution in [3.8, 4) is 0 Å². The zero-order chi connectivity index (χ0) is 11.5. The van der Waals surface area contributed by atoms with Gasteiger partial charge in [-0.15, -0.1) is 0 Å². The first-order valence-corrected chi connectivity index (χ1v) is 5.17. The van der Waals surface area contributed by atoms with Crippen molar-refractivity contribution < 1.29 is 14.7 Å². The van der Waals surface area contributed by atoms with E-state index in [1.165, 1.54) is 26.7 Å². The van der Waals surface area contributed by atoms with E-state index in [0.29, 0.717) is 5.92 Å². The van der Waals surface area contributed by atoms with Crippen molar-refractivity contribution in [3.63, 3.8) is 0 Å². The van der Waals surface area contributed by atoms with E-state index >= 15 is 0 Å². The predicted octanol–water partition coefficient (Wildman–Crippen LogP) is -0.0346. The van der Waals surface area contributed by atoms with Gasteiger partial charge in [-0.1, -0.05) is 0 Å². The summed E-state index contributed by atoms with van der Waals surface area (Å²) in [7, 11) is 0. The first-order chi connectivity index (χ1) is 6.92. The van der Waals surface area contributed by atoms with Crippen molar-refractivity contribution in [1.29, 1.82) is 0 Å². The van der Waals surface area contributed by atoms with Gasteiger partial charge < -0.3 is 15.7 Å². The summed E-state index contributed by atoms with van der Waals surface area (Å²) in [5.41, 5.74) is -1.20. The number of carbonyl (C=O) groups excluding carboxylic acids is 1. The first kappa shape index (κ1) is 12.0. The van der Waals surface area contributed by atoms with Crippen molar-refractivity contribution in [2.45, 2.75) is 32.2 Å². The second-order valence-electron chi connectivity index (χ2n) is 4.55. The van der Waals surface area contributed by atoms with Crippen LogP contribution in [0.15, 0.2) is 0 Å². The van der Waals surface area contributed by atoms with E-state index in [-0.39, 0.29) is 12.5 Å². The molecule has 1 amide bonds. The van der Waals surface area contributed by atoms with Crippen LogP contribution in [-0.2, 0) is 9.59 Å². The summed E-state index contributed by atoms with van der Waals surface area (Å²) >= 11 is 0. The number of carbonyl (C=O) groups is 2. The molecule has 5 heteroatoms. The van der Waals surface area contributed by atoms with Crippen LogP contribution in [0.1, 0.15) is 26.7 Å². The Morgan fingerprint density at radius 1 is 1.40 bits per heavy atom. The van der Waals surface area contributed by atoms with Gasteiger partial charge in [0.1, 0.15) is 5.54 Å². The van der Waals surface area contributed by atoms with Gasteiger partial charge in [-0.05, 0) is 39.2 Å². The Labute approximate surface area is 89.2 Å². The third kappa shape index (κ3) is 4.29. The highest BCUT2D eigenvalue weighted by molar-refractivity contribution is 5.87. The van der Waals surface area contributed by atoms with Crippen molar-refractivity contribution in [3.05, 3.63) is 0 Å². The van der Waals surface area contributed by atoms with Gasteiger partial charge in [0.25, 0.3) is 0 Å². The van der Waals surface area contributed by atoms with E-state index in [2.05, 4.69) is 10.6 Å². The molecule has 0 spiro atoms. The summed E-state index contributed by atoms with van der Waals surface area (Å²) in [4.78, 5) is 22.0. The topological polar surface area (TPSA) is 78.4 Å². The Bertz CT molecular complexity index is 259. The van der Waals surface area contributed by atoms with Crippen LogP contribution in [-0.4, -0.2) is 35.6 Å². The molecule has 0 aromatic carbocycles. The zero-order valence-corrected chi connectivity index (χ0v) is 9.17. The molecule has 3 N–H and O–H groups in total. The molecule has 1 fully saturated rings. The number of hydrogen-bond donors (Lipinski definition) is 3. The molecule has 1 saturated carbocycles. The number of amides is 1. The van der Waals surface area contributed by atoms with Gasteiger partial charge in [-0.3, -0.25) is 4.79 Å². The van der Waals surface area contributed by atoms with Gasteiger partial charge in [0, 0.05) is 0 Å². The van der Waals surface area contributed by atoms with Crippen LogP contribution in [0.3, 0.4) is 0 Å². The molecule has 0 heterocycles. The highest BCUT2D eigenvalue weighted by atomic mass is 16.4. The van der Waals surface area contributed by atoms with Gasteiger partial charge >= 0.3 is 5.97 Å². The molecule has 1 rings (SSSR count). The fourth-order valence-electron chi connectivity index (χ4n) is 1.16. The Hall–Kier alpha value is -1.10. The fraction of sp³-hybridized carbons (Fsp3) is 0.800. The van der Waals surface area contributed by atoms with Crippen LogP contribution < -0.4 is 10.6 Å². The lowest BCUT2D eigenvalue weighted by Crippen LogP contribution is -2.52. The lowest BCUT2D eigenvalue weighted by atomic mass is 10.1. The molecule has 86 valence electrons. The molecule has 1 aliphatic rings. The molecule has 0 saturated heterocycles. The largest absolute Gasteiger partial charge is 0.480 e. The highest BCUT2D eigenvalue weighted by Gasteiger charge is 2.28. The minimum atomic E-state index is -1.20. The number of rotatable bonds is 6. The summed E-state index contributed by atoms with van der Waals surface area (Å²) in [6, 6.07) is 0. The zero-order valence-electron chi connectivity index (χ0n) is 9.17. The van der Waals surface area contributed by atoms with Crippen molar-refractivity contribution in [2.24, 2.45) is 5.92 Å². The highest BCUT2D eigenvalue weighted by Crippen LogP contribution is 2.27. The lowest BCUT2D eigenvalue weighted by molar-refractivity contribution is -0.145. The van der Waals surface area contributed by atoms with Crippen LogP contribution >= 0.6 is 0 Å². The average Bonchev–Trinajstić information content (AvgIpc) is 2.86.